The first-order chi connectivity index (χ1) is 8.74. The third-order valence-corrected chi connectivity index (χ3v) is 3.31. The minimum Gasteiger partial charge on any atom is -0.398 e. The van der Waals surface area contributed by atoms with Gasteiger partial charge in [0.05, 0.1) is 0 Å². The lowest BCUT2D eigenvalue weighted by molar-refractivity contribution is 0.934. The number of hydrogen-bond donors (Lipinski definition) is 1. The number of nitrogen functional groups attached to an aromatic ring is 1. The monoisotopic (exact) mass is 302 g/mol. The highest BCUT2D eigenvalue weighted by Crippen LogP contribution is 2.17. The van der Waals surface area contributed by atoms with E-state index in [4.69, 9.17) is 5.73 Å². The van der Waals surface area contributed by atoms with Crippen LogP contribution in [-0.2, 0) is 6.42 Å². The molecule has 2 aromatic heterocycles. The smallest absolute Gasteiger partial charge is 0.160 e. The van der Waals surface area contributed by atoms with Crippen molar-refractivity contribution < 1.29 is 0 Å². The van der Waals surface area contributed by atoms with Crippen molar-refractivity contribution in [1.29, 1.82) is 0 Å². The van der Waals surface area contributed by atoms with Gasteiger partial charge in [0.25, 0.3) is 0 Å². The van der Waals surface area contributed by atoms with Crippen LogP contribution in [0.4, 0.5) is 5.69 Å². The molecule has 5 heteroatoms. The van der Waals surface area contributed by atoms with Gasteiger partial charge in [0, 0.05) is 22.8 Å². The molecule has 0 aliphatic heterocycles. The van der Waals surface area contributed by atoms with Crippen LogP contribution in [0, 0.1) is 0 Å². The summed E-state index contributed by atoms with van der Waals surface area (Å²) in [7, 11) is 0. The Labute approximate surface area is 113 Å². The Balaban J connectivity index is 2.05. The van der Waals surface area contributed by atoms with Gasteiger partial charge in [-0.15, -0.1) is 10.2 Å². The predicted octanol–water partition coefficient (Wildman–Crippen LogP) is 2.66. The summed E-state index contributed by atoms with van der Waals surface area (Å²) in [5.41, 5.74) is 8.62. The van der Waals surface area contributed by atoms with E-state index in [0.29, 0.717) is 6.42 Å². The standard InChI is InChI=1S/C13H11BrN4/c14-10-5-6-12-16-17-13(18(12)8-10)7-9-3-1-2-4-11(9)15/h1-6,8H,7,15H2. The van der Waals surface area contributed by atoms with Gasteiger partial charge in [0.2, 0.25) is 0 Å². The topological polar surface area (TPSA) is 56.2 Å². The fourth-order valence-electron chi connectivity index (χ4n) is 1.90. The molecule has 0 aliphatic rings. The maximum Gasteiger partial charge on any atom is 0.160 e. The highest BCUT2D eigenvalue weighted by molar-refractivity contribution is 9.10. The second kappa shape index (κ2) is 4.42. The number of aromatic nitrogens is 3. The number of nitrogens with two attached hydrogens (primary N) is 1. The van der Waals surface area contributed by atoms with Gasteiger partial charge in [-0.1, -0.05) is 18.2 Å². The number of hydrogen-bond acceptors (Lipinski definition) is 3. The zero-order chi connectivity index (χ0) is 12.5. The summed E-state index contributed by atoms with van der Waals surface area (Å²) in [6, 6.07) is 11.7. The number of rotatable bonds is 2. The largest absolute Gasteiger partial charge is 0.398 e. The number of halogens is 1. The van der Waals surface area contributed by atoms with Crippen molar-refractivity contribution in [2.75, 3.05) is 5.73 Å². The van der Waals surface area contributed by atoms with Gasteiger partial charge in [-0.2, -0.15) is 0 Å². The van der Waals surface area contributed by atoms with Crippen LogP contribution < -0.4 is 5.73 Å². The van der Waals surface area contributed by atoms with Crippen molar-refractivity contribution in [3.63, 3.8) is 0 Å². The number of para-hydroxylation sites is 1. The average Bonchev–Trinajstić information content (AvgIpc) is 2.75. The number of fused-ring (bicyclic) bond motifs is 1. The Morgan fingerprint density at radius 3 is 2.78 bits per heavy atom. The molecule has 3 aromatic rings. The van der Waals surface area contributed by atoms with Crippen molar-refractivity contribution in [2.24, 2.45) is 0 Å². The van der Waals surface area contributed by atoms with Crippen molar-refractivity contribution in [2.45, 2.75) is 6.42 Å². The van der Waals surface area contributed by atoms with Crippen molar-refractivity contribution in [3.05, 3.63) is 58.5 Å². The van der Waals surface area contributed by atoms with Crippen LogP contribution in [0.3, 0.4) is 0 Å². The quantitative estimate of drug-likeness (QED) is 0.741. The molecular weight excluding hydrogens is 292 g/mol. The summed E-state index contributed by atoms with van der Waals surface area (Å²) < 4.78 is 2.97. The molecular formula is C13H11BrN4. The molecule has 18 heavy (non-hydrogen) atoms. The van der Waals surface area contributed by atoms with Crippen LogP contribution in [0.1, 0.15) is 11.4 Å². The third-order valence-electron chi connectivity index (χ3n) is 2.84. The molecule has 0 aliphatic carbocycles. The number of pyridine rings is 1. The van der Waals surface area contributed by atoms with E-state index in [9.17, 15) is 0 Å². The van der Waals surface area contributed by atoms with Crippen LogP contribution in [0.15, 0.2) is 47.1 Å². The average molecular weight is 303 g/mol. The molecule has 0 radical (unpaired) electrons. The molecule has 90 valence electrons. The Hall–Kier alpha value is -1.88. The zero-order valence-electron chi connectivity index (χ0n) is 9.55. The molecule has 0 amide bonds. The van der Waals surface area contributed by atoms with E-state index < -0.39 is 0 Å². The molecule has 0 atom stereocenters. The molecule has 0 unspecified atom stereocenters. The molecule has 0 saturated carbocycles. The minimum atomic E-state index is 0.671. The molecule has 1 aromatic carbocycles. The Morgan fingerprint density at radius 2 is 1.94 bits per heavy atom. The zero-order valence-corrected chi connectivity index (χ0v) is 11.1. The lowest BCUT2D eigenvalue weighted by atomic mass is 10.1. The Morgan fingerprint density at radius 1 is 1.11 bits per heavy atom. The van der Waals surface area contributed by atoms with Crippen LogP contribution >= 0.6 is 15.9 Å². The molecule has 0 bridgehead atoms. The fourth-order valence-corrected chi connectivity index (χ4v) is 2.24. The highest BCUT2D eigenvalue weighted by Gasteiger charge is 2.08. The summed E-state index contributed by atoms with van der Waals surface area (Å²) >= 11 is 3.45. The highest BCUT2D eigenvalue weighted by atomic mass is 79.9. The number of benzene rings is 1. The first-order valence-electron chi connectivity index (χ1n) is 5.56. The lowest BCUT2D eigenvalue weighted by Crippen LogP contribution is -1.99. The summed E-state index contributed by atoms with van der Waals surface area (Å²) in [6.45, 7) is 0. The van der Waals surface area contributed by atoms with Gasteiger partial charge < -0.3 is 5.73 Å². The van der Waals surface area contributed by atoms with E-state index in [-0.39, 0.29) is 0 Å². The molecule has 4 nitrogen and oxygen atoms in total. The van der Waals surface area contributed by atoms with E-state index in [2.05, 4.69) is 26.1 Å². The van der Waals surface area contributed by atoms with Crippen LogP contribution in [0.25, 0.3) is 5.65 Å². The lowest BCUT2D eigenvalue weighted by Gasteiger charge is -2.04. The maximum atomic E-state index is 5.94. The van der Waals surface area contributed by atoms with E-state index >= 15 is 0 Å². The number of anilines is 1. The fraction of sp³-hybridized carbons (Fsp3) is 0.0769. The van der Waals surface area contributed by atoms with Gasteiger partial charge in [0.1, 0.15) is 5.82 Å². The summed E-state index contributed by atoms with van der Waals surface area (Å²) in [4.78, 5) is 0. The van der Waals surface area contributed by atoms with Crippen molar-refractivity contribution >= 4 is 27.3 Å². The second-order valence-electron chi connectivity index (χ2n) is 4.07. The summed E-state index contributed by atoms with van der Waals surface area (Å²) in [6.07, 6.45) is 2.63. The Kier molecular flexibility index (Phi) is 2.76. The van der Waals surface area contributed by atoms with Gasteiger partial charge in [-0.3, -0.25) is 4.40 Å². The van der Waals surface area contributed by atoms with Crippen molar-refractivity contribution in [1.82, 2.24) is 14.6 Å². The summed E-state index contributed by atoms with van der Waals surface area (Å²) in [5.74, 6) is 0.879. The van der Waals surface area contributed by atoms with Gasteiger partial charge in [-0.05, 0) is 39.7 Å². The van der Waals surface area contributed by atoms with E-state index in [1.165, 1.54) is 0 Å². The van der Waals surface area contributed by atoms with Gasteiger partial charge in [-0.25, -0.2) is 0 Å². The van der Waals surface area contributed by atoms with Crippen LogP contribution in [-0.4, -0.2) is 14.6 Å². The molecule has 2 heterocycles. The molecule has 0 saturated heterocycles. The molecule has 2 N–H and O–H groups in total. The van der Waals surface area contributed by atoms with Crippen LogP contribution in [0.2, 0.25) is 0 Å². The van der Waals surface area contributed by atoms with Crippen LogP contribution in [0.5, 0.6) is 0 Å². The van der Waals surface area contributed by atoms with E-state index in [1.807, 2.05) is 47.0 Å². The van der Waals surface area contributed by atoms with E-state index in [1.54, 1.807) is 0 Å². The van der Waals surface area contributed by atoms with Gasteiger partial charge >= 0.3 is 0 Å². The molecule has 0 fully saturated rings. The first kappa shape index (κ1) is 11.2. The normalized spacial score (nSPS) is 10.9. The Bertz CT molecular complexity index is 705. The summed E-state index contributed by atoms with van der Waals surface area (Å²) in [5, 5.41) is 8.35. The second-order valence-corrected chi connectivity index (χ2v) is 4.98. The van der Waals surface area contributed by atoms with Gasteiger partial charge in [0.15, 0.2) is 5.65 Å². The maximum absolute atomic E-state index is 5.94. The van der Waals surface area contributed by atoms with E-state index in [0.717, 1.165) is 27.2 Å². The SMILES string of the molecule is Nc1ccccc1Cc1nnc2ccc(Br)cn12. The third kappa shape index (κ3) is 1.97. The number of nitrogens with zero attached hydrogens (tertiary/aromatic N) is 3. The van der Waals surface area contributed by atoms with Crippen molar-refractivity contribution in [3.8, 4) is 0 Å². The molecule has 3 rings (SSSR count). The minimum absolute atomic E-state index is 0.671. The first-order valence-corrected chi connectivity index (χ1v) is 6.36. The predicted molar refractivity (Wildman–Crippen MR) is 74.3 cm³/mol. The molecule has 0 spiro atoms.